The predicted molar refractivity (Wildman–Crippen MR) is 116 cm³/mol. The van der Waals surface area contributed by atoms with Gasteiger partial charge in [0.1, 0.15) is 5.75 Å². The van der Waals surface area contributed by atoms with Crippen LogP contribution >= 0.6 is 0 Å². The summed E-state index contributed by atoms with van der Waals surface area (Å²) in [5, 5.41) is 7.34. The summed E-state index contributed by atoms with van der Waals surface area (Å²) >= 11 is 0. The van der Waals surface area contributed by atoms with Crippen LogP contribution in [0.4, 0.5) is 5.69 Å². The van der Waals surface area contributed by atoms with Gasteiger partial charge in [-0.05, 0) is 43.3 Å². The average molecular weight is 399 g/mol. The van der Waals surface area contributed by atoms with Crippen molar-refractivity contribution in [1.82, 2.24) is 9.78 Å². The quantitative estimate of drug-likeness (QED) is 0.457. The number of carbonyl (C=O) groups excluding carboxylic acids is 1. The molecule has 0 spiro atoms. The predicted octanol–water partition coefficient (Wildman–Crippen LogP) is 5.32. The molecule has 4 rings (SSSR count). The van der Waals surface area contributed by atoms with Crippen molar-refractivity contribution in [2.45, 2.75) is 6.92 Å². The Morgan fingerprint density at radius 1 is 0.900 bits per heavy atom. The zero-order valence-corrected chi connectivity index (χ0v) is 16.5. The van der Waals surface area contributed by atoms with Crippen molar-refractivity contribution in [3.63, 3.8) is 0 Å². The largest absolute Gasteiger partial charge is 0.490 e. The third-order valence-electron chi connectivity index (χ3n) is 4.32. The Labute approximate surface area is 174 Å². The van der Waals surface area contributed by atoms with Gasteiger partial charge in [-0.2, -0.15) is 5.10 Å². The van der Waals surface area contributed by atoms with Crippen LogP contribution in [-0.2, 0) is 0 Å². The van der Waals surface area contributed by atoms with Gasteiger partial charge in [-0.15, -0.1) is 0 Å². The lowest BCUT2D eigenvalue weighted by atomic mass is 10.2. The molecular formula is C24H21N3O3. The van der Waals surface area contributed by atoms with Gasteiger partial charge in [-0.1, -0.05) is 48.5 Å². The van der Waals surface area contributed by atoms with Gasteiger partial charge in [0.15, 0.2) is 17.2 Å². The SMILES string of the molecule is CCOc1cn(-c2ccccc2)nc1C(=O)Nc1ccccc1Oc1ccccc1. The van der Waals surface area contributed by atoms with E-state index in [-0.39, 0.29) is 11.6 Å². The lowest BCUT2D eigenvalue weighted by molar-refractivity contribution is 0.101. The summed E-state index contributed by atoms with van der Waals surface area (Å²) < 4.78 is 13.2. The standard InChI is InChI=1S/C24H21N3O3/c1-2-29-22-17-27(18-11-5-3-6-12-18)26-23(22)24(28)25-20-15-9-10-16-21(20)30-19-13-7-4-8-14-19/h3-17H,2H2,1H3,(H,25,28). The molecule has 0 saturated carbocycles. The van der Waals surface area contributed by atoms with Crippen molar-refractivity contribution in [2.24, 2.45) is 0 Å². The molecule has 0 bridgehead atoms. The molecule has 1 N–H and O–H groups in total. The fraction of sp³-hybridized carbons (Fsp3) is 0.0833. The van der Waals surface area contributed by atoms with Crippen LogP contribution in [0, 0.1) is 0 Å². The number of benzene rings is 3. The van der Waals surface area contributed by atoms with E-state index in [0.29, 0.717) is 29.5 Å². The topological polar surface area (TPSA) is 65.4 Å². The van der Waals surface area contributed by atoms with Crippen LogP contribution < -0.4 is 14.8 Å². The Bertz CT molecular complexity index is 1120. The van der Waals surface area contributed by atoms with E-state index in [2.05, 4.69) is 10.4 Å². The van der Waals surface area contributed by atoms with Gasteiger partial charge in [0.2, 0.25) is 0 Å². The van der Waals surface area contributed by atoms with E-state index in [1.165, 1.54) is 0 Å². The Kier molecular flexibility index (Phi) is 5.75. The molecule has 0 saturated heterocycles. The summed E-state index contributed by atoms with van der Waals surface area (Å²) in [4.78, 5) is 13.0. The number of aromatic nitrogens is 2. The third-order valence-corrected chi connectivity index (χ3v) is 4.32. The average Bonchev–Trinajstić information content (AvgIpc) is 3.21. The number of carbonyl (C=O) groups is 1. The molecule has 0 fully saturated rings. The fourth-order valence-electron chi connectivity index (χ4n) is 2.95. The van der Waals surface area contributed by atoms with Crippen LogP contribution in [0.5, 0.6) is 17.2 Å². The molecule has 0 atom stereocenters. The summed E-state index contributed by atoms with van der Waals surface area (Å²) in [5.74, 6) is 1.26. The van der Waals surface area contributed by atoms with Crippen LogP contribution in [-0.4, -0.2) is 22.3 Å². The molecule has 0 radical (unpaired) electrons. The minimum absolute atomic E-state index is 0.204. The van der Waals surface area contributed by atoms with E-state index in [9.17, 15) is 4.79 Å². The first-order valence-corrected chi connectivity index (χ1v) is 9.66. The molecule has 150 valence electrons. The summed E-state index contributed by atoms with van der Waals surface area (Å²) in [6, 6.07) is 26.2. The molecule has 3 aromatic carbocycles. The smallest absolute Gasteiger partial charge is 0.280 e. The Hall–Kier alpha value is -4.06. The second-order valence-corrected chi connectivity index (χ2v) is 6.42. The van der Waals surface area contributed by atoms with E-state index in [1.54, 1.807) is 23.0 Å². The normalized spacial score (nSPS) is 10.4. The first-order chi connectivity index (χ1) is 14.7. The van der Waals surface area contributed by atoms with Crippen molar-refractivity contribution in [3.8, 4) is 22.9 Å². The highest BCUT2D eigenvalue weighted by Crippen LogP contribution is 2.30. The van der Waals surface area contributed by atoms with Crippen molar-refractivity contribution in [1.29, 1.82) is 0 Å². The van der Waals surface area contributed by atoms with Gasteiger partial charge >= 0.3 is 0 Å². The molecule has 0 aliphatic rings. The first kappa shape index (κ1) is 19.3. The van der Waals surface area contributed by atoms with Gasteiger partial charge in [-0.3, -0.25) is 4.79 Å². The summed E-state index contributed by atoms with van der Waals surface area (Å²) in [6.07, 6.45) is 1.71. The summed E-state index contributed by atoms with van der Waals surface area (Å²) in [7, 11) is 0. The van der Waals surface area contributed by atoms with Crippen molar-refractivity contribution >= 4 is 11.6 Å². The van der Waals surface area contributed by atoms with Crippen LogP contribution in [0.3, 0.4) is 0 Å². The number of anilines is 1. The molecule has 0 aliphatic heterocycles. The number of hydrogen-bond donors (Lipinski definition) is 1. The number of hydrogen-bond acceptors (Lipinski definition) is 4. The van der Waals surface area contributed by atoms with Gasteiger partial charge < -0.3 is 14.8 Å². The Morgan fingerprint density at radius 3 is 2.30 bits per heavy atom. The van der Waals surface area contributed by atoms with Crippen LogP contribution in [0.25, 0.3) is 5.69 Å². The molecule has 4 aromatic rings. The van der Waals surface area contributed by atoms with E-state index in [4.69, 9.17) is 9.47 Å². The highest BCUT2D eigenvalue weighted by atomic mass is 16.5. The molecule has 6 heteroatoms. The Balaban J connectivity index is 1.61. The number of nitrogens with zero attached hydrogens (tertiary/aromatic N) is 2. The maximum Gasteiger partial charge on any atom is 0.280 e. The van der Waals surface area contributed by atoms with Crippen molar-refractivity contribution in [2.75, 3.05) is 11.9 Å². The first-order valence-electron chi connectivity index (χ1n) is 9.66. The summed E-state index contributed by atoms with van der Waals surface area (Å²) in [5.41, 5.74) is 1.59. The van der Waals surface area contributed by atoms with Gasteiger partial charge in [0.05, 0.1) is 24.2 Å². The monoisotopic (exact) mass is 399 g/mol. The lowest BCUT2D eigenvalue weighted by Crippen LogP contribution is -2.15. The van der Waals surface area contributed by atoms with E-state index >= 15 is 0 Å². The van der Waals surface area contributed by atoms with Crippen LogP contribution in [0.1, 0.15) is 17.4 Å². The fourth-order valence-corrected chi connectivity index (χ4v) is 2.95. The lowest BCUT2D eigenvalue weighted by Gasteiger charge is -2.12. The number of amides is 1. The van der Waals surface area contributed by atoms with Gasteiger partial charge in [-0.25, -0.2) is 4.68 Å². The van der Waals surface area contributed by atoms with Gasteiger partial charge in [0.25, 0.3) is 5.91 Å². The van der Waals surface area contributed by atoms with Gasteiger partial charge in [0, 0.05) is 0 Å². The van der Waals surface area contributed by atoms with E-state index < -0.39 is 0 Å². The number of nitrogens with one attached hydrogen (secondary N) is 1. The molecule has 30 heavy (non-hydrogen) atoms. The second kappa shape index (κ2) is 8.96. The molecule has 0 unspecified atom stereocenters. The van der Waals surface area contributed by atoms with E-state index in [0.717, 1.165) is 5.69 Å². The maximum atomic E-state index is 13.0. The zero-order valence-electron chi connectivity index (χ0n) is 16.5. The zero-order chi connectivity index (χ0) is 20.8. The Morgan fingerprint density at radius 2 is 1.57 bits per heavy atom. The third kappa shape index (κ3) is 4.33. The van der Waals surface area contributed by atoms with Crippen LogP contribution in [0.2, 0.25) is 0 Å². The molecule has 0 aliphatic carbocycles. The van der Waals surface area contributed by atoms with Crippen molar-refractivity contribution < 1.29 is 14.3 Å². The minimum atomic E-state index is -0.378. The number of para-hydroxylation sites is 4. The number of ether oxygens (including phenoxy) is 2. The molecule has 6 nitrogen and oxygen atoms in total. The second-order valence-electron chi connectivity index (χ2n) is 6.42. The van der Waals surface area contributed by atoms with Crippen LogP contribution in [0.15, 0.2) is 91.1 Å². The molecule has 1 amide bonds. The van der Waals surface area contributed by atoms with E-state index in [1.807, 2.05) is 79.7 Å². The maximum absolute atomic E-state index is 13.0. The highest BCUT2D eigenvalue weighted by molar-refractivity contribution is 6.05. The van der Waals surface area contributed by atoms with Crippen molar-refractivity contribution in [3.05, 3.63) is 96.8 Å². The minimum Gasteiger partial charge on any atom is -0.490 e. The molecule has 1 heterocycles. The number of rotatable bonds is 7. The summed E-state index contributed by atoms with van der Waals surface area (Å²) in [6.45, 7) is 2.29. The molecular weight excluding hydrogens is 378 g/mol. The molecule has 1 aromatic heterocycles. The highest BCUT2D eigenvalue weighted by Gasteiger charge is 2.20.